The smallest absolute Gasteiger partial charge is 0.290 e. The molecule has 5 rings (SSSR count). The molecule has 4 atom stereocenters. The summed E-state index contributed by atoms with van der Waals surface area (Å²) in [5.74, 6) is -6.54. The van der Waals surface area contributed by atoms with Crippen LogP contribution in [0.15, 0.2) is 140 Å². The van der Waals surface area contributed by atoms with Crippen LogP contribution in [0.2, 0.25) is 0 Å². The Labute approximate surface area is 331 Å². The van der Waals surface area contributed by atoms with Crippen molar-refractivity contribution in [3.8, 4) is 11.1 Å². The molecule has 4 unspecified atom stereocenters. The van der Waals surface area contributed by atoms with E-state index in [9.17, 15) is 33.2 Å². The molecule has 292 valence electrons. The Balaban J connectivity index is 1.26. The highest BCUT2D eigenvalue weighted by molar-refractivity contribution is 6.38. The van der Waals surface area contributed by atoms with Gasteiger partial charge < -0.3 is 16.4 Å². The predicted molar refractivity (Wildman–Crippen MR) is 216 cm³/mol. The van der Waals surface area contributed by atoms with Crippen LogP contribution in [0.25, 0.3) is 11.1 Å². The van der Waals surface area contributed by atoms with Gasteiger partial charge in [0.15, 0.2) is 5.78 Å². The Morgan fingerprint density at radius 1 is 0.579 bits per heavy atom. The molecule has 0 aliphatic heterocycles. The quantitative estimate of drug-likeness (QED) is 0.0832. The largest absolute Gasteiger partial charge is 0.369 e. The zero-order valence-corrected chi connectivity index (χ0v) is 31.7. The fraction of sp³-hybridized carbons (Fsp3) is 0.234. The maximum atomic E-state index is 14.2. The van der Waals surface area contributed by atoms with Gasteiger partial charge in [0.25, 0.3) is 5.91 Å². The topological polar surface area (TPSA) is 152 Å². The fourth-order valence-electron chi connectivity index (χ4n) is 6.70. The number of halogens is 1. The van der Waals surface area contributed by atoms with Crippen molar-refractivity contribution in [2.75, 3.05) is 0 Å². The van der Waals surface area contributed by atoms with E-state index in [0.717, 1.165) is 27.8 Å². The summed E-state index contributed by atoms with van der Waals surface area (Å²) in [5.41, 5.74) is 10.5. The molecular formula is C47H46FN3O6. The number of amides is 3. The van der Waals surface area contributed by atoms with Crippen molar-refractivity contribution in [3.63, 3.8) is 0 Å². The number of primary amides is 1. The lowest BCUT2D eigenvalue weighted by atomic mass is 9.89. The van der Waals surface area contributed by atoms with Crippen molar-refractivity contribution in [3.05, 3.63) is 168 Å². The molecule has 0 radical (unpaired) electrons. The third-order valence-corrected chi connectivity index (χ3v) is 9.81. The Morgan fingerprint density at radius 2 is 1.12 bits per heavy atom. The van der Waals surface area contributed by atoms with E-state index in [4.69, 9.17) is 5.73 Å². The highest BCUT2D eigenvalue weighted by Gasteiger charge is 2.32. The normalized spacial score (nSPS) is 13.0. The number of carbonyl (C=O) groups excluding carboxylic acids is 6. The van der Waals surface area contributed by atoms with Gasteiger partial charge >= 0.3 is 0 Å². The number of Topliss-reactive ketones (excluding diaryl/α,β-unsaturated/α-hetero) is 3. The van der Waals surface area contributed by atoms with Crippen LogP contribution in [0.3, 0.4) is 0 Å². The molecule has 9 nitrogen and oxygen atoms in total. The second-order valence-electron chi connectivity index (χ2n) is 14.3. The molecule has 0 saturated heterocycles. The lowest BCUT2D eigenvalue weighted by Gasteiger charge is -2.22. The van der Waals surface area contributed by atoms with E-state index in [-0.39, 0.29) is 44.3 Å². The van der Waals surface area contributed by atoms with Crippen molar-refractivity contribution in [2.24, 2.45) is 17.6 Å². The number of ketones is 3. The molecule has 5 aromatic rings. The van der Waals surface area contributed by atoms with Gasteiger partial charge in [-0.05, 0) is 71.7 Å². The van der Waals surface area contributed by atoms with E-state index >= 15 is 0 Å². The number of carbonyl (C=O) groups is 6. The lowest BCUT2D eigenvalue weighted by Crippen LogP contribution is -2.52. The molecule has 5 aromatic carbocycles. The van der Waals surface area contributed by atoms with Gasteiger partial charge in [0, 0.05) is 31.1 Å². The van der Waals surface area contributed by atoms with E-state index in [0.29, 0.717) is 5.56 Å². The van der Waals surface area contributed by atoms with Gasteiger partial charge in [-0.3, -0.25) is 28.8 Å². The molecule has 0 aliphatic carbocycles. The average molecular weight is 768 g/mol. The summed E-state index contributed by atoms with van der Waals surface area (Å²) < 4.78 is 14.2. The molecule has 0 spiro atoms. The number of hydrogen-bond donors (Lipinski definition) is 3. The third kappa shape index (κ3) is 12.7. The van der Waals surface area contributed by atoms with Crippen LogP contribution in [-0.2, 0) is 54.5 Å². The highest BCUT2D eigenvalue weighted by atomic mass is 19.1. The van der Waals surface area contributed by atoms with Crippen molar-refractivity contribution < 1.29 is 33.2 Å². The van der Waals surface area contributed by atoms with Crippen LogP contribution in [0.1, 0.15) is 42.0 Å². The predicted octanol–water partition coefficient (Wildman–Crippen LogP) is 5.96. The molecule has 4 N–H and O–H groups in total. The third-order valence-electron chi connectivity index (χ3n) is 9.81. The minimum atomic E-state index is -1.32. The number of nitrogens with one attached hydrogen (secondary N) is 2. The number of nitrogens with two attached hydrogens (primary N) is 1. The first-order valence-corrected chi connectivity index (χ1v) is 18.9. The van der Waals surface area contributed by atoms with E-state index in [1.165, 1.54) is 25.1 Å². The summed E-state index contributed by atoms with van der Waals surface area (Å²) in [4.78, 5) is 80.1. The SMILES string of the molecule is CC(NC(=O)C(CC(=O)Cc1ccccc1)Cc1ccccc1)C(=O)C(=O)NC(Cc1cccc(F)c1)C(=O)CC(Cc1ccc(-c2ccccc2)cc1)C(N)=O. The van der Waals surface area contributed by atoms with Gasteiger partial charge in [-0.25, -0.2) is 4.39 Å². The van der Waals surface area contributed by atoms with Gasteiger partial charge in [0.2, 0.25) is 17.6 Å². The number of hydrogen-bond acceptors (Lipinski definition) is 6. The summed E-state index contributed by atoms with van der Waals surface area (Å²) in [7, 11) is 0. The maximum absolute atomic E-state index is 14.2. The summed E-state index contributed by atoms with van der Waals surface area (Å²) in [6.07, 6.45) is -0.107. The molecule has 0 aromatic heterocycles. The van der Waals surface area contributed by atoms with Crippen molar-refractivity contribution >= 4 is 35.1 Å². The van der Waals surface area contributed by atoms with Crippen molar-refractivity contribution in [2.45, 2.75) is 57.5 Å². The fourth-order valence-corrected chi connectivity index (χ4v) is 6.70. The molecule has 10 heteroatoms. The van der Waals surface area contributed by atoms with Crippen LogP contribution in [0.5, 0.6) is 0 Å². The summed E-state index contributed by atoms with van der Waals surface area (Å²) in [6.45, 7) is 1.35. The number of benzene rings is 5. The van der Waals surface area contributed by atoms with Gasteiger partial charge in [-0.2, -0.15) is 0 Å². The van der Waals surface area contributed by atoms with E-state index < -0.39 is 59.0 Å². The van der Waals surface area contributed by atoms with Crippen molar-refractivity contribution in [1.82, 2.24) is 10.6 Å². The Morgan fingerprint density at radius 3 is 1.74 bits per heavy atom. The maximum Gasteiger partial charge on any atom is 0.290 e. The summed E-state index contributed by atoms with van der Waals surface area (Å²) in [6, 6.07) is 38.4. The Hall–Kier alpha value is -6.55. The minimum Gasteiger partial charge on any atom is -0.369 e. The molecule has 3 amide bonds. The second-order valence-corrected chi connectivity index (χ2v) is 14.3. The average Bonchev–Trinajstić information content (AvgIpc) is 3.21. The lowest BCUT2D eigenvalue weighted by molar-refractivity contribution is -0.141. The van der Waals surface area contributed by atoms with Gasteiger partial charge in [0.1, 0.15) is 11.6 Å². The number of rotatable bonds is 20. The van der Waals surface area contributed by atoms with Gasteiger partial charge in [-0.1, -0.05) is 127 Å². The minimum absolute atomic E-state index is 0.0921. The summed E-state index contributed by atoms with van der Waals surface area (Å²) in [5, 5.41) is 5.08. The summed E-state index contributed by atoms with van der Waals surface area (Å²) >= 11 is 0. The van der Waals surface area contributed by atoms with Crippen LogP contribution < -0.4 is 16.4 Å². The molecule has 0 heterocycles. The highest BCUT2D eigenvalue weighted by Crippen LogP contribution is 2.22. The molecule has 0 saturated carbocycles. The van der Waals surface area contributed by atoms with Gasteiger partial charge in [-0.15, -0.1) is 0 Å². The van der Waals surface area contributed by atoms with Crippen LogP contribution >= 0.6 is 0 Å². The first-order chi connectivity index (χ1) is 27.4. The Kier molecular flexibility index (Phi) is 14.9. The van der Waals surface area contributed by atoms with E-state index in [1.807, 2.05) is 115 Å². The molecule has 0 fully saturated rings. The Bertz CT molecular complexity index is 2160. The van der Waals surface area contributed by atoms with E-state index in [1.54, 1.807) is 6.07 Å². The van der Waals surface area contributed by atoms with Crippen molar-refractivity contribution in [1.29, 1.82) is 0 Å². The standard InChI is InChI=1S/C47H46FN3O6/c1-31(50-46(56)39(25-32-12-5-2-6-13-32)29-41(52)27-33-14-7-3-8-15-33)44(54)47(57)51-42(28-35-16-11-19-40(48)26-35)43(53)30-38(45(49)55)24-34-20-22-37(23-21-34)36-17-9-4-10-18-36/h2-23,26,31,38-39,42H,24-25,27-30H2,1H3,(H2,49,55)(H,50,56)(H,51,57). The van der Waals surface area contributed by atoms with Gasteiger partial charge in [0.05, 0.1) is 12.1 Å². The monoisotopic (exact) mass is 767 g/mol. The molecule has 0 bridgehead atoms. The zero-order valence-electron chi connectivity index (χ0n) is 31.7. The van der Waals surface area contributed by atoms with E-state index in [2.05, 4.69) is 10.6 Å². The molecule has 0 aliphatic rings. The zero-order chi connectivity index (χ0) is 40.7. The van der Waals surface area contributed by atoms with Crippen LogP contribution in [0, 0.1) is 17.7 Å². The molecular weight excluding hydrogens is 722 g/mol. The van der Waals surface area contributed by atoms with Crippen LogP contribution in [-0.4, -0.2) is 47.2 Å². The van der Waals surface area contributed by atoms with Crippen LogP contribution in [0.4, 0.5) is 4.39 Å². The first-order valence-electron chi connectivity index (χ1n) is 18.9. The second kappa shape index (κ2) is 20.4. The molecule has 57 heavy (non-hydrogen) atoms. The first kappa shape index (κ1) is 41.6.